The lowest BCUT2D eigenvalue weighted by Gasteiger charge is -2.37. The summed E-state index contributed by atoms with van der Waals surface area (Å²) in [5.41, 5.74) is 3.38. The van der Waals surface area contributed by atoms with Gasteiger partial charge >= 0.3 is 6.03 Å². The number of rotatable bonds is 14. The Bertz CT molecular complexity index is 1070. The molecule has 6 heteroatoms. The standard InChI is InChI=1S/C36H56N4O2/c1-28(2)22-25-40(32-20-18-31(19-21-32)17-16-30-14-10-9-11-15-30)27-36(5,6)38-34(41)33(26-29(3)4)37-35(42)39-23-12-7-8-13-24-39/h9-11,14-15,18-21,28-29,33H,7-8,12-13,16-17,22-27H2,1-6H3,(H,37,42)(H,38,41). The van der Waals surface area contributed by atoms with Crippen LogP contribution in [0.5, 0.6) is 0 Å². The molecule has 42 heavy (non-hydrogen) atoms. The minimum Gasteiger partial charge on any atom is -0.369 e. The molecule has 1 aliphatic rings. The van der Waals surface area contributed by atoms with E-state index in [1.54, 1.807) is 0 Å². The summed E-state index contributed by atoms with van der Waals surface area (Å²) in [7, 11) is 0. The second-order valence-corrected chi connectivity index (χ2v) is 13.7. The topological polar surface area (TPSA) is 64.7 Å². The first-order chi connectivity index (χ1) is 20.0. The molecule has 1 saturated heterocycles. The second kappa shape index (κ2) is 16.6. The average molecular weight is 577 g/mol. The molecule has 232 valence electrons. The first-order valence-corrected chi connectivity index (χ1v) is 16.3. The van der Waals surface area contributed by atoms with Gasteiger partial charge in [-0.15, -0.1) is 0 Å². The number of anilines is 1. The molecule has 2 N–H and O–H groups in total. The van der Waals surface area contributed by atoms with Crippen LogP contribution in [0.3, 0.4) is 0 Å². The van der Waals surface area contributed by atoms with Crippen LogP contribution in [0.1, 0.15) is 91.2 Å². The molecule has 0 spiro atoms. The number of hydrogen-bond acceptors (Lipinski definition) is 3. The van der Waals surface area contributed by atoms with Gasteiger partial charge in [0.2, 0.25) is 5.91 Å². The highest BCUT2D eigenvalue weighted by Gasteiger charge is 2.30. The Morgan fingerprint density at radius 3 is 2.00 bits per heavy atom. The maximum atomic E-state index is 13.6. The molecule has 1 heterocycles. The number of carbonyl (C=O) groups excluding carboxylic acids is 2. The van der Waals surface area contributed by atoms with E-state index in [9.17, 15) is 9.59 Å². The highest BCUT2D eigenvalue weighted by molar-refractivity contribution is 5.87. The van der Waals surface area contributed by atoms with Crippen LogP contribution in [0.15, 0.2) is 54.6 Å². The lowest BCUT2D eigenvalue weighted by atomic mass is 9.99. The monoisotopic (exact) mass is 576 g/mol. The smallest absolute Gasteiger partial charge is 0.318 e. The van der Waals surface area contributed by atoms with Gasteiger partial charge in [0, 0.05) is 31.9 Å². The Balaban J connectivity index is 1.66. The van der Waals surface area contributed by atoms with Crippen LogP contribution >= 0.6 is 0 Å². The number of benzene rings is 2. The van der Waals surface area contributed by atoms with Crippen molar-refractivity contribution in [3.05, 3.63) is 65.7 Å². The van der Waals surface area contributed by atoms with E-state index in [2.05, 4.69) is 112 Å². The molecule has 2 aromatic rings. The molecule has 2 aromatic carbocycles. The van der Waals surface area contributed by atoms with E-state index in [0.29, 0.717) is 18.9 Å². The molecule has 1 fully saturated rings. The normalized spacial score (nSPS) is 14.9. The van der Waals surface area contributed by atoms with E-state index in [-0.39, 0.29) is 17.9 Å². The number of urea groups is 1. The van der Waals surface area contributed by atoms with Crippen LogP contribution < -0.4 is 15.5 Å². The highest BCUT2D eigenvalue weighted by atomic mass is 16.2. The minimum absolute atomic E-state index is 0.100. The third-order valence-corrected chi connectivity index (χ3v) is 8.09. The van der Waals surface area contributed by atoms with Gasteiger partial charge in [0.15, 0.2) is 0 Å². The summed E-state index contributed by atoms with van der Waals surface area (Å²) in [6.07, 6.45) is 8.11. The molecule has 0 aliphatic carbocycles. The molecule has 1 unspecified atom stereocenters. The molecule has 0 bridgehead atoms. The van der Waals surface area contributed by atoms with E-state index in [1.807, 2.05) is 4.90 Å². The zero-order chi connectivity index (χ0) is 30.5. The molecule has 0 aromatic heterocycles. The summed E-state index contributed by atoms with van der Waals surface area (Å²) >= 11 is 0. The predicted molar refractivity (Wildman–Crippen MR) is 176 cm³/mol. The van der Waals surface area contributed by atoms with Crippen molar-refractivity contribution in [2.45, 2.75) is 104 Å². The van der Waals surface area contributed by atoms with E-state index in [4.69, 9.17) is 0 Å². The van der Waals surface area contributed by atoms with Crippen molar-refractivity contribution in [3.8, 4) is 0 Å². The van der Waals surface area contributed by atoms with Crippen LogP contribution in [-0.2, 0) is 17.6 Å². The van der Waals surface area contributed by atoms with E-state index in [0.717, 1.165) is 64.6 Å². The number of nitrogens with zero attached hydrogens (tertiary/aromatic N) is 2. The molecule has 0 saturated carbocycles. The molecule has 1 aliphatic heterocycles. The first kappa shape index (κ1) is 33.5. The van der Waals surface area contributed by atoms with Gasteiger partial charge in [-0.2, -0.15) is 0 Å². The molecule has 0 radical (unpaired) electrons. The quantitative estimate of drug-likeness (QED) is 0.250. The molecule has 6 nitrogen and oxygen atoms in total. The number of hydrogen-bond donors (Lipinski definition) is 2. The van der Waals surface area contributed by atoms with Gasteiger partial charge in [-0.05, 0) is 87.5 Å². The van der Waals surface area contributed by atoms with E-state index >= 15 is 0 Å². The molecule has 3 amide bonds. The maximum Gasteiger partial charge on any atom is 0.318 e. The zero-order valence-corrected chi connectivity index (χ0v) is 27.1. The third-order valence-electron chi connectivity index (χ3n) is 8.09. The highest BCUT2D eigenvalue weighted by Crippen LogP contribution is 2.21. The fourth-order valence-electron chi connectivity index (χ4n) is 5.67. The summed E-state index contributed by atoms with van der Waals surface area (Å²) in [5, 5.41) is 6.39. The van der Waals surface area contributed by atoms with Crippen LogP contribution in [0.2, 0.25) is 0 Å². The number of nitrogens with one attached hydrogen (secondary N) is 2. The number of carbonyl (C=O) groups is 2. The van der Waals surface area contributed by atoms with Crippen LogP contribution in [-0.4, -0.2) is 54.6 Å². The van der Waals surface area contributed by atoms with Crippen molar-refractivity contribution in [1.82, 2.24) is 15.5 Å². The number of likely N-dealkylation sites (tertiary alicyclic amines) is 1. The zero-order valence-electron chi connectivity index (χ0n) is 27.1. The van der Waals surface area contributed by atoms with Gasteiger partial charge in [0.05, 0.1) is 5.54 Å². The minimum atomic E-state index is -0.548. The van der Waals surface area contributed by atoms with Crippen LogP contribution in [0.4, 0.5) is 10.5 Å². The average Bonchev–Trinajstić information content (AvgIpc) is 3.24. The van der Waals surface area contributed by atoms with Gasteiger partial charge in [-0.25, -0.2) is 4.79 Å². The fraction of sp³-hybridized carbons (Fsp3) is 0.611. The Labute approximate surface area is 255 Å². The van der Waals surface area contributed by atoms with Gasteiger partial charge in [0.1, 0.15) is 6.04 Å². The lowest BCUT2D eigenvalue weighted by molar-refractivity contribution is -0.124. The summed E-state index contributed by atoms with van der Waals surface area (Å²) in [6.45, 7) is 16.0. The van der Waals surface area contributed by atoms with Crippen molar-refractivity contribution in [3.63, 3.8) is 0 Å². The number of amides is 3. The fourth-order valence-corrected chi connectivity index (χ4v) is 5.67. The van der Waals surface area contributed by atoms with Crippen molar-refractivity contribution >= 4 is 17.6 Å². The van der Waals surface area contributed by atoms with Crippen LogP contribution in [0.25, 0.3) is 0 Å². The SMILES string of the molecule is CC(C)CCN(CC(C)(C)NC(=O)C(CC(C)C)NC(=O)N1CCCCCC1)c1ccc(CCc2ccccc2)cc1. The molecule has 3 rings (SSSR count). The van der Waals surface area contributed by atoms with E-state index < -0.39 is 11.6 Å². The van der Waals surface area contributed by atoms with Gasteiger partial charge in [0.25, 0.3) is 0 Å². The van der Waals surface area contributed by atoms with Crippen molar-refractivity contribution in [2.24, 2.45) is 11.8 Å². The summed E-state index contributed by atoms with van der Waals surface area (Å²) in [4.78, 5) is 31.0. The Morgan fingerprint density at radius 2 is 1.43 bits per heavy atom. The Hall–Kier alpha value is -3.02. The van der Waals surface area contributed by atoms with Crippen molar-refractivity contribution in [1.29, 1.82) is 0 Å². The van der Waals surface area contributed by atoms with Gasteiger partial charge in [-0.1, -0.05) is 83.0 Å². The van der Waals surface area contributed by atoms with Crippen LogP contribution in [0, 0.1) is 11.8 Å². The van der Waals surface area contributed by atoms with Crippen molar-refractivity contribution < 1.29 is 9.59 Å². The molecular formula is C36H56N4O2. The van der Waals surface area contributed by atoms with Gasteiger partial charge in [-0.3, -0.25) is 4.79 Å². The lowest BCUT2D eigenvalue weighted by Crippen LogP contribution is -2.58. The van der Waals surface area contributed by atoms with Gasteiger partial charge < -0.3 is 20.4 Å². The second-order valence-electron chi connectivity index (χ2n) is 13.7. The first-order valence-electron chi connectivity index (χ1n) is 16.3. The Kier molecular flexibility index (Phi) is 13.2. The number of aryl methyl sites for hydroxylation is 2. The Morgan fingerprint density at radius 1 is 0.833 bits per heavy atom. The maximum absolute atomic E-state index is 13.6. The summed E-state index contributed by atoms with van der Waals surface area (Å²) in [6, 6.07) is 18.9. The third kappa shape index (κ3) is 11.7. The predicted octanol–water partition coefficient (Wildman–Crippen LogP) is 7.22. The molecular weight excluding hydrogens is 520 g/mol. The van der Waals surface area contributed by atoms with E-state index in [1.165, 1.54) is 16.8 Å². The summed E-state index contributed by atoms with van der Waals surface area (Å²) in [5.74, 6) is 0.771. The molecule has 1 atom stereocenters. The summed E-state index contributed by atoms with van der Waals surface area (Å²) < 4.78 is 0. The van der Waals surface area contributed by atoms with Crippen molar-refractivity contribution in [2.75, 3.05) is 31.1 Å². The largest absolute Gasteiger partial charge is 0.369 e.